The third-order valence-electron chi connectivity index (χ3n) is 3.42. The first-order valence-electron chi connectivity index (χ1n) is 6.15. The molecule has 1 nitrogen and oxygen atoms in total. The Kier molecular flexibility index (Phi) is 3.70. The van der Waals surface area contributed by atoms with E-state index in [1.807, 2.05) is 0 Å². The molecule has 0 radical (unpaired) electrons. The van der Waals surface area contributed by atoms with E-state index >= 15 is 0 Å². The van der Waals surface area contributed by atoms with Crippen LogP contribution < -0.4 is 5.32 Å². The molecule has 2 heteroatoms. The summed E-state index contributed by atoms with van der Waals surface area (Å²) in [7, 11) is 0. The minimum Gasteiger partial charge on any atom is -0.310 e. The van der Waals surface area contributed by atoms with Crippen molar-refractivity contribution in [3.8, 4) is 0 Å². The van der Waals surface area contributed by atoms with E-state index in [4.69, 9.17) is 0 Å². The number of benzene rings is 1. The van der Waals surface area contributed by atoms with Crippen LogP contribution in [-0.2, 0) is 6.42 Å². The van der Waals surface area contributed by atoms with Gasteiger partial charge in [0.1, 0.15) is 0 Å². The fourth-order valence-corrected chi connectivity index (χ4v) is 3.40. The Balaban J connectivity index is 2.32. The van der Waals surface area contributed by atoms with Crippen molar-refractivity contribution in [1.82, 2.24) is 5.32 Å². The van der Waals surface area contributed by atoms with Gasteiger partial charge in [0, 0.05) is 10.5 Å². The highest BCUT2D eigenvalue weighted by molar-refractivity contribution is 9.10. The van der Waals surface area contributed by atoms with Gasteiger partial charge in [0.05, 0.1) is 0 Å². The second-order valence-electron chi connectivity index (χ2n) is 4.93. The molecule has 0 heterocycles. The molecule has 1 N–H and O–H groups in total. The molecule has 0 saturated carbocycles. The second kappa shape index (κ2) is 4.89. The van der Waals surface area contributed by atoms with Crippen molar-refractivity contribution >= 4 is 15.9 Å². The second-order valence-corrected chi connectivity index (χ2v) is 5.78. The molecule has 1 aliphatic carbocycles. The van der Waals surface area contributed by atoms with Crippen LogP contribution in [0.15, 0.2) is 16.6 Å². The van der Waals surface area contributed by atoms with Gasteiger partial charge in [-0.05, 0) is 55.0 Å². The number of rotatable bonds is 3. The molecule has 16 heavy (non-hydrogen) atoms. The van der Waals surface area contributed by atoms with Crippen molar-refractivity contribution in [1.29, 1.82) is 0 Å². The highest BCUT2D eigenvalue weighted by Gasteiger charge is 2.30. The van der Waals surface area contributed by atoms with Crippen LogP contribution in [0.1, 0.15) is 43.0 Å². The minimum atomic E-state index is 0.547. The molecule has 2 rings (SSSR count). The van der Waals surface area contributed by atoms with Crippen LogP contribution in [-0.4, -0.2) is 6.54 Å². The third-order valence-corrected chi connectivity index (χ3v) is 4.13. The van der Waals surface area contributed by atoms with E-state index in [0.29, 0.717) is 12.0 Å². The summed E-state index contributed by atoms with van der Waals surface area (Å²) in [6, 6.07) is 5.12. The first kappa shape index (κ1) is 12.1. The number of hydrogen-bond acceptors (Lipinski definition) is 1. The lowest BCUT2D eigenvalue weighted by Crippen LogP contribution is -2.24. The fourth-order valence-electron chi connectivity index (χ4n) is 2.65. The Morgan fingerprint density at radius 1 is 1.44 bits per heavy atom. The lowest BCUT2D eigenvalue weighted by molar-refractivity contribution is 0.417. The van der Waals surface area contributed by atoms with Crippen LogP contribution in [0.5, 0.6) is 0 Å². The van der Waals surface area contributed by atoms with Crippen LogP contribution in [0.4, 0.5) is 0 Å². The Hall–Kier alpha value is -0.340. The molecular weight excluding hydrogens is 262 g/mol. The molecule has 0 spiro atoms. The summed E-state index contributed by atoms with van der Waals surface area (Å²) in [5.74, 6) is 0.708. The summed E-state index contributed by atoms with van der Waals surface area (Å²) in [4.78, 5) is 0. The Bertz CT molecular complexity index is 387. The van der Waals surface area contributed by atoms with Crippen LogP contribution in [0.25, 0.3) is 0 Å². The molecule has 2 unspecified atom stereocenters. The van der Waals surface area contributed by atoms with Gasteiger partial charge >= 0.3 is 0 Å². The molecule has 1 aromatic rings. The number of nitrogens with one attached hydrogen (secondary N) is 1. The maximum absolute atomic E-state index is 3.69. The summed E-state index contributed by atoms with van der Waals surface area (Å²) in [5.41, 5.74) is 4.36. The number of aryl methyl sites for hydroxylation is 1. The Labute approximate surface area is 107 Å². The SMILES string of the molecule is CCCNC1c2cc(C)cc(Br)c2CC1C. The largest absolute Gasteiger partial charge is 0.310 e. The van der Waals surface area contributed by atoms with E-state index in [2.05, 4.69) is 54.2 Å². The summed E-state index contributed by atoms with van der Waals surface area (Å²) in [5, 5.41) is 3.67. The topological polar surface area (TPSA) is 12.0 Å². The van der Waals surface area contributed by atoms with E-state index < -0.39 is 0 Å². The highest BCUT2D eigenvalue weighted by Crippen LogP contribution is 2.40. The van der Waals surface area contributed by atoms with Crippen LogP contribution in [0.3, 0.4) is 0 Å². The molecule has 0 bridgehead atoms. The van der Waals surface area contributed by atoms with Crippen molar-refractivity contribution in [3.63, 3.8) is 0 Å². The predicted molar refractivity (Wildman–Crippen MR) is 72.8 cm³/mol. The summed E-state index contributed by atoms with van der Waals surface area (Å²) >= 11 is 3.69. The van der Waals surface area contributed by atoms with E-state index in [1.54, 1.807) is 0 Å². The quantitative estimate of drug-likeness (QED) is 0.884. The van der Waals surface area contributed by atoms with Crippen LogP contribution in [0.2, 0.25) is 0 Å². The molecule has 0 amide bonds. The lowest BCUT2D eigenvalue weighted by atomic mass is 10.0. The monoisotopic (exact) mass is 281 g/mol. The Morgan fingerprint density at radius 2 is 2.19 bits per heavy atom. The minimum absolute atomic E-state index is 0.547. The van der Waals surface area contributed by atoms with Crippen molar-refractivity contribution in [2.75, 3.05) is 6.54 Å². The van der Waals surface area contributed by atoms with E-state index in [-0.39, 0.29) is 0 Å². The zero-order chi connectivity index (χ0) is 11.7. The van der Waals surface area contributed by atoms with Crippen LogP contribution in [0, 0.1) is 12.8 Å². The van der Waals surface area contributed by atoms with E-state index in [0.717, 1.165) is 6.54 Å². The molecule has 1 aliphatic rings. The molecule has 0 aromatic heterocycles. The van der Waals surface area contributed by atoms with Crippen molar-refractivity contribution in [3.05, 3.63) is 33.3 Å². The van der Waals surface area contributed by atoms with E-state index in [1.165, 1.54) is 34.0 Å². The van der Waals surface area contributed by atoms with Gasteiger partial charge in [0.2, 0.25) is 0 Å². The molecule has 2 atom stereocenters. The smallest absolute Gasteiger partial charge is 0.0352 e. The molecule has 0 fully saturated rings. The summed E-state index contributed by atoms with van der Waals surface area (Å²) < 4.78 is 1.29. The maximum Gasteiger partial charge on any atom is 0.0352 e. The van der Waals surface area contributed by atoms with Crippen molar-refractivity contribution < 1.29 is 0 Å². The zero-order valence-corrected chi connectivity index (χ0v) is 11.9. The van der Waals surface area contributed by atoms with Crippen molar-refractivity contribution in [2.24, 2.45) is 5.92 Å². The summed E-state index contributed by atoms with van der Waals surface area (Å²) in [6.07, 6.45) is 2.39. The van der Waals surface area contributed by atoms with Gasteiger partial charge in [-0.2, -0.15) is 0 Å². The zero-order valence-electron chi connectivity index (χ0n) is 10.3. The number of hydrogen-bond donors (Lipinski definition) is 1. The molecule has 88 valence electrons. The van der Waals surface area contributed by atoms with Gasteiger partial charge in [-0.1, -0.05) is 35.8 Å². The normalized spacial score (nSPS) is 23.5. The maximum atomic E-state index is 3.69. The van der Waals surface area contributed by atoms with E-state index in [9.17, 15) is 0 Å². The fraction of sp³-hybridized carbons (Fsp3) is 0.571. The van der Waals surface area contributed by atoms with Gasteiger partial charge in [0.25, 0.3) is 0 Å². The number of halogens is 1. The van der Waals surface area contributed by atoms with Crippen LogP contribution >= 0.6 is 15.9 Å². The average Bonchev–Trinajstić information content (AvgIpc) is 2.53. The standard InChI is InChI=1S/C14H20BrN/c1-4-5-16-14-10(3)8-11-12(14)6-9(2)7-13(11)15/h6-7,10,14,16H,4-5,8H2,1-3H3. The molecule has 0 saturated heterocycles. The lowest BCUT2D eigenvalue weighted by Gasteiger charge is -2.18. The van der Waals surface area contributed by atoms with Crippen molar-refractivity contribution in [2.45, 2.75) is 39.7 Å². The van der Waals surface area contributed by atoms with Gasteiger partial charge in [-0.3, -0.25) is 0 Å². The molecular formula is C14H20BrN. The predicted octanol–water partition coefficient (Wildman–Crippen LogP) is 3.99. The summed E-state index contributed by atoms with van der Waals surface area (Å²) in [6.45, 7) is 7.85. The first-order chi connectivity index (χ1) is 7.63. The van der Waals surface area contributed by atoms with Gasteiger partial charge in [-0.25, -0.2) is 0 Å². The third kappa shape index (κ3) is 2.18. The number of fused-ring (bicyclic) bond motifs is 1. The average molecular weight is 282 g/mol. The first-order valence-corrected chi connectivity index (χ1v) is 6.95. The Morgan fingerprint density at radius 3 is 2.88 bits per heavy atom. The molecule has 1 aromatic carbocycles. The highest BCUT2D eigenvalue weighted by atomic mass is 79.9. The van der Waals surface area contributed by atoms with Gasteiger partial charge in [0.15, 0.2) is 0 Å². The van der Waals surface area contributed by atoms with Gasteiger partial charge < -0.3 is 5.32 Å². The van der Waals surface area contributed by atoms with Gasteiger partial charge in [-0.15, -0.1) is 0 Å². The molecule has 0 aliphatic heterocycles.